The third kappa shape index (κ3) is 8.28. The Labute approximate surface area is 224 Å². The van der Waals surface area contributed by atoms with Crippen LogP contribution in [0.5, 0.6) is 0 Å². The molecule has 1 saturated heterocycles. The molecular formula is C20H30NO16S2-3. The van der Waals surface area contributed by atoms with Gasteiger partial charge in [-0.2, -0.15) is 0 Å². The van der Waals surface area contributed by atoms with Crippen molar-refractivity contribution in [3.05, 3.63) is 11.8 Å². The number of hydrogen-bond acceptors (Lipinski definition) is 16. The summed E-state index contributed by atoms with van der Waals surface area (Å²) in [5.74, 6) is -3.35. The summed E-state index contributed by atoms with van der Waals surface area (Å²) >= 11 is 0. The lowest BCUT2D eigenvalue weighted by atomic mass is 9.70. The van der Waals surface area contributed by atoms with Gasteiger partial charge >= 0.3 is 0 Å². The lowest BCUT2D eigenvalue weighted by Crippen LogP contribution is -2.71. The minimum absolute atomic E-state index is 0.548. The Kier molecular flexibility index (Phi) is 9.82. The van der Waals surface area contributed by atoms with Gasteiger partial charge in [0.25, 0.3) is 0 Å². The molecule has 3 N–H and O–H groups in total. The highest BCUT2D eigenvalue weighted by molar-refractivity contribution is 7.81. The molecule has 0 bridgehead atoms. The average Bonchev–Trinajstić information content (AvgIpc) is 2.74. The molecule has 39 heavy (non-hydrogen) atoms. The molecule has 1 amide bonds. The maximum atomic E-state index is 11.8. The summed E-state index contributed by atoms with van der Waals surface area (Å²) in [4.78, 5) is 23.1. The molecule has 2 rings (SSSR count). The lowest BCUT2D eigenvalue weighted by molar-refractivity contribution is -0.307. The van der Waals surface area contributed by atoms with Gasteiger partial charge in [-0.1, -0.05) is 6.92 Å². The third-order valence-corrected chi connectivity index (χ3v) is 7.31. The van der Waals surface area contributed by atoms with E-state index in [1.54, 1.807) is 0 Å². The SMILES string of the molecule is CC(=O)NC1[C@@H](O)[C@](C)(COC[C@@]2(C)OC(C(=O)[O-])=C[C@H](O)C2OS(=O)(=O)[O-])C(COS(=O)(=O)[O-])OC1(C)C. The van der Waals surface area contributed by atoms with Crippen LogP contribution in [-0.2, 0) is 53.0 Å². The van der Waals surface area contributed by atoms with Crippen molar-refractivity contribution in [2.45, 2.75) is 76.3 Å². The predicted octanol–water partition coefficient (Wildman–Crippen LogP) is -3.84. The minimum Gasteiger partial charge on any atom is -0.726 e. The van der Waals surface area contributed by atoms with Crippen LogP contribution < -0.4 is 10.4 Å². The summed E-state index contributed by atoms with van der Waals surface area (Å²) in [7, 11) is -10.6. The van der Waals surface area contributed by atoms with E-state index < -0.39 is 105 Å². The average molecular weight is 605 g/mol. The van der Waals surface area contributed by atoms with Gasteiger partial charge in [-0.3, -0.25) is 13.2 Å². The number of nitrogens with one attached hydrogen (secondary N) is 1. The number of carbonyl (C=O) groups excluding carboxylic acids is 2. The quantitative estimate of drug-likeness (QED) is 0.150. The van der Waals surface area contributed by atoms with Gasteiger partial charge in [0.05, 0.1) is 43.7 Å². The number of rotatable bonds is 11. The second-order valence-electron chi connectivity index (χ2n) is 10.2. The molecule has 7 atom stereocenters. The maximum Gasteiger partial charge on any atom is 0.218 e. The van der Waals surface area contributed by atoms with Crippen LogP contribution in [0.3, 0.4) is 0 Å². The summed E-state index contributed by atoms with van der Waals surface area (Å²) < 4.78 is 92.4. The third-order valence-electron chi connectivity index (χ3n) is 6.45. The lowest BCUT2D eigenvalue weighted by Gasteiger charge is -2.55. The fourth-order valence-electron chi connectivity index (χ4n) is 4.47. The summed E-state index contributed by atoms with van der Waals surface area (Å²) in [5, 5.41) is 35.4. The predicted molar refractivity (Wildman–Crippen MR) is 120 cm³/mol. The van der Waals surface area contributed by atoms with Gasteiger partial charge in [0.1, 0.15) is 23.9 Å². The maximum absolute atomic E-state index is 11.8. The van der Waals surface area contributed by atoms with Crippen LogP contribution in [0, 0.1) is 5.41 Å². The Morgan fingerprint density at radius 1 is 1.08 bits per heavy atom. The highest BCUT2D eigenvalue weighted by atomic mass is 32.3. The molecule has 2 aliphatic rings. The smallest absolute Gasteiger partial charge is 0.218 e. The van der Waals surface area contributed by atoms with Gasteiger partial charge in [-0.25, -0.2) is 16.8 Å². The second-order valence-corrected chi connectivity index (χ2v) is 12.2. The normalized spacial score (nSPS) is 35.0. The van der Waals surface area contributed by atoms with Gasteiger partial charge in [-0.15, -0.1) is 0 Å². The van der Waals surface area contributed by atoms with Crippen LogP contribution in [-0.4, -0.2) is 110 Å². The number of carboxylic acids is 1. The number of aliphatic hydroxyl groups is 2. The number of hydrogen-bond donors (Lipinski definition) is 3. The van der Waals surface area contributed by atoms with Gasteiger partial charge < -0.3 is 48.7 Å². The van der Waals surface area contributed by atoms with Crippen molar-refractivity contribution in [3.63, 3.8) is 0 Å². The van der Waals surface area contributed by atoms with Gasteiger partial charge in [0.2, 0.25) is 26.7 Å². The Morgan fingerprint density at radius 3 is 2.15 bits per heavy atom. The number of aliphatic carboxylic acids is 1. The van der Waals surface area contributed by atoms with E-state index in [1.807, 2.05) is 0 Å². The van der Waals surface area contributed by atoms with Crippen LogP contribution in [0.4, 0.5) is 0 Å². The van der Waals surface area contributed by atoms with E-state index >= 15 is 0 Å². The fraction of sp³-hybridized carbons (Fsp3) is 0.800. The molecule has 0 spiro atoms. The van der Waals surface area contributed by atoms with Crippen LogP contribution in [0.25, 0.3) is 0 Å². The molecule has 3 unspecified atom stereocenters. The standard InChI is InChI=1S/C20H33NO16S2/c1-10(22)21-14-15(24)19(4,13(36-18(14,2)3)7-34-38(27,28)29)8-33-9-20(5)16(37-39(30,31)32)11(23)6-12(35-20)17(25)26/h6,11,13-16,23-24H,7-9H2,1-5H3,(H,21,22)(H,25,26)(H,27,28,29)(H,30,31,32)/p-3/t11-,13?,14?,15+,16?,19+,20+/m0/s1. The Balaban J connectivity index is 2.39. The van der Waals surface area contributed by atoms with Crippen molar-refractivity contribution in [3.8, 4) is 0 Å². The number of carboxylic acid groups (broad SMARTS) is 1. The fourth-order valence-corrected chi connectivity index (χ4v) is 5.33. The number of carbonyl (C=O) groups is 2. The summed E-state index contributed by atoms with van der Waals surface area (Å²) in [5.41, 5.74) is -5.10. The molecule has 0 saturated carbocycles. The highest BCUT2D eigenvalue weighted by Gasteiger charge is 2.57. The zero-order valence-electron chi connectivity index (χ0n) is 21.5. The van der Waals surface area contributed by atoms with Crippen molar-refractivity contribution in [2.24, 2.45) is 5.41 Å². The van der Waals surface area contributed by atoms with E-state index in [9.17, 15) is 50.8 Å². The van der Waals surface area contributed by atoms with Crippen molar-refractivity contribution < 1.29 is 73.4 Å². The first-order valence-corrected chi connectivity index (χ1v) is 13.9. The molecular weight excluding hydrogens is 574 g/mol. The van der Waals surface area contributed by atoms with Crippen molar-refractivity contribution >= 4 is 32.7 Å². The van der Waals surface area contributed by atoms with Gasteiger partial charge in [0, 0.05) is 12.3 Å². The monoisotopic (exact) mass is 604 g/mol. The first-order chi connectivity index (χ1) is 17.5. The zero-order valence-corrected chi connectivity index (χ0v) is 23.1. The van der Waals surface area contributed by atoms with Crippen LogP contribution in [0.2, 0.25) is 0 Å². The Morgan fingerprint density at radius 2 is 1.67 bits per heavy atom. The van der Waals surface area contributed by atoms with E-state index in [0.717, 1.165) is 6.92 Å². The molecule has 0 aliphatic carbocycles. The summed E-state index contributed by atoms with van der Waals surface area (Å²) in [6.45, 7) is 4.29. The van der Waals surface area contributed by atoms with E-state index in [1.165, 1.54) is 27.7 Å². The molecule has 2 aliphatic heterocycles. The number of ether oxygens (including phenoxy) is 3. The van der Waals surface area contributed by atoms with Gasteiger partial charge in [0.15, 0.2) is 5.60 Å². The molecule has 17 nitrogen and oxygen atoms in total. The first kappa shape index (κ1) is 33.3. The van der Waals surface area contributed by atoms with E-state index in [-0.39, 0.29) is 0 Å². The van der Waals surface area contributed by atoms with Gasteiger partial charge in [-0.05, 0) is 26.8 Å². The topological polar surface area (TPSA) is 270 Å². The summed E-state index contributed by atoms with van der Waals surface area (Å²) in [6.07, 6.45) is -6.29. The molecule has 0 aromatic rings. The number of aliphatic hydroxyl groups excluding tert-OH is 2. The van der Waals surface area contributed by atoms with E-state index in [4.69, 9.17) is 14.2 Å². The van der Waals surface area contributed by atoms with Crippen LogP contribution >= 0.6 is 0 Å². The Bertz CT molecular complexity index is 1180. The van der Waals surface area contributed by atoms with Crippen LogP contribution in [0.1, 0.15) is 34.6 Å². The van der Waals surface area contributed by atoms with E-state index in [2.05, 4.69) is 13.7 Å². The molecule has 0 radical (unpaired) electrons. The molecule has 226 valence electrons. The minimum atomic E-state index is -5.43. The molecule has 0 aromatic heterocycles. The molecule has 19 heteroatoms. The van der Waals surface area contributed by atoms with Crippen molar-refractivity contribution in [1.29, 1.82) is 0 Å². The first-order valence-electron chi connectivity index (χ1n) is 11.3. The summed E-state index contributed by atoms with van der Waals surface area (Å²) in [6, 6.07) is -1.10. The van der Waals surface area contributed by atoms with Crippen LogP contribution in [0.15, 0.2) is 11.8 Å². The molecule has 0 aromatic carbocycles. The number of amides is 1. The highest BCUT2D eigenvalue weighted by Crippen LogP contribution is 2.42. The largest absolute Gasteiger partial charge is 0.726 e. The van der Waals surface area contributed by atoms with E-state index in [0.29, 0.717) is 6.08 Å². The van der Waals surface area contributed by atoms with Crippen molar-refractivity contribution in [1.82, 2.24) is 5.32 Å². The Hall–Kier alpha value is -1.94. The molecule has 1 fully saturated rings. The zero-order chi connectivity index (χ0) is 30.2. The second kappa shape index (κ2) is 11.5. The van der Waals surface area contributed by atoms with Crippen molar-refractivity contribution in [2.75, 3.05) is 19.8 Å². The molecule has 2 heterocycles.